The fraction of sp³-hybridized carbons (Fsp3) is 0.286. The van der Waals surface area contributed by atoms with E-state index in [1.807, 2.05) is 30.3 Å². The normalized spacial score (nSPS) is 15.9. The molecule has 1 aliphatic rings. The van der Waals surface area contributed by atoms with Crippen LogP contribution in [0, 0.1) is 0 Å². The molecule has 92 valence electrons. The minimum absolute atomic E-state index is 0.704. The summed E-state index contributed by atoms with van der Waals surface area (Å²) in [5.41, 5.74) is 1.75. The second-order valence-electron chi connectivity index (χ2n) is 4.38. The van der Waals surface area contributed by atoms with E-state index in [-0.39, 0.29) is 0 Å². The van der Waals surface area contributed by atoms with Crippen molar-refractivity contribution < 1.29 is 14.5 Å². The molecule has 0 saturated carbocycles. The predicted octanol–water partition coefficient (Wildman–Crippen LogP) is 1.30. The average Bonchev–Trinajstić information content (AvgIpc) is 2.46. The van der Waals surface area contributed by atoms with E-state index in [0.717, 1.165) is 36.1 Å². The van der Waals surface area contributed by atoms with E-state index in [2.05, 4.69) is 9.88 Å². The Morgan fingerprint density at radius 1 is 1.22 bits per heavy atom. The lowest BCUT2D eigenvalue weighted by Crippen LogP contribution is -2.40. The summed E-state index contributed by atoms with van der Waals surface area (Å²) in [6.45, 7) is 3.04. The molecule has 0 amide bonds. The first-order chi connectivity index (χ1) is 8.88. The summed E-state index contributed by atoms with van der Waals surface area (Å²) in [5.74, 6) is 0.895. The predicted molar refractivity (Wildman–Crippen MR) is 68.9 cm³/mol. The number of fused-ring (bicyclic) bond motifs is 1. The second-order valence-corrected chi connectivity index (χ2v) is 4.38. The topological polar surface area (TPSA) is 43.7 Å². The lowest BCUT2D eigenvalue weighted by Gasteiger charge is -2.22. The summed E-state index contributed by atoms with van der Waals surface area (Å²) in [6.07, 6.45) is 0.910. The molecule has 1 aliphatic heterocycles. The minimum atomic E-state index is 0.704. The number of ether oxygens (including phenoxy) is 1. The van der Waals surface area contributed by atoms with E-state index in [9.17, 15) is 4.79 Å². The zero-order chi connectivity index (χ0) is 12.4. The van der Waals surface area contributed by atoms with Crippen molar-refractivity contribution in [2.24, 2.45) is 0 Å². The molecule has 0 radical (unpaired) electrons. The largest absolute Gasteiger partial charge is 0.373 e. The van der Waals surface area contributed by atoms with Crippen molar-refractivity contribution in [3.63, 3.8) is 0 Å². The third-order valence-electron chi connectivity index (χ3n) is 3.25. The molecule has 0 spiro atoms. The van der Waals surface area contributed by atoms with Crippen LogP contribution >= 0.6 is 0 Å². The number of carbonyl (C=O) groups excluding carboxylic acids is 1. The number of carbonyl (C=O) groups is 1. The lowest BCUT2D eigenvalue weighted by atomic mass is 10.1. The van der Waals surface area contributed by atoms with Gasteiger partial charge in [0.15, 0.2) is 6.29 Å². The number of nitrogens with zero attached hydrogens (tertiary/aromatic N) is 1. The SMILES string of the molecule is O=Cc1cc2ccccc2[nH+]c1N1CCOCC1. The van der Waals surface area contributed by atoms with Crippen LogP contribution in [-0.2, 0) is 4.74 Å². The molecule has 1 N–H and O–H groups in total. The molecular weight excluding hydrogens is 228 g/mol. The number of benzene rings is 1. The summed E-state index contributed by atoms with van der Waals surface area (Å²) in [7, 11) is 0. The van der Waals surface area contributed by atoms with Crippen LogP contribution in [0.25, 0.3) is 10.9 Å². The number of morpholine rings is 1. The highest BCUT2D eigenvalue weighted by Gasteiger charge is 2.23. The van der Waals surface area contributed by atoms with E-state index in [1.54, 1.807) is 0 Å². The maximum absolute atomic E-state index is 11.2. The molecule has 0 bridgehead atoms. The van der Waals surface area contributed by atoms with Gasteiger partial charge in [0.25, 0.3) is 5.82 Å². The Labute approximate surface area is 105 Å². The van der Waals surface area contributed by atoms with Gasteiger partial charge in [-0.3, -0.25) is 9.69 Å². The Morgan fingerprint density at radius 2 is 2.00 bits per heavy atom. The standard InChI is InChI=1S/C14H14N2O2/c17-10-12-9-11-3-1-2-4-13(11)15-14(12)16-5-7-18-8-6-16/h1-4,9-10H,5-8H2/p+1. The Kier molecular flexibility index (Phi) is 2.94. The second kappa shape index (κ2) is 4.74. The van der Waals surface area contributed by atoms with Crippen molar-refractivity contribution in [1.82, 2.24) is 0 Å². The van der Waals surface area contributed by atoms with Gasteiger partial charge in [0.1, 0.15) is 24.2 Å². The van der Waals surface area contributed by atoms with Crippen LogP contribution < -0.4 is 9.88 Å². The molecule has 0 unspecified atom stereocenters. The highest BCUT2D eigenvalue weighted by atomic mass is 16.5. The number of hydrogen-bond donors (Lipinski definition) is 0. The van der Waals surface area contributed by atoms with Crippen molar-refractivity contribution >= 4 is 23.0 Å². The van der Waals surface area contributed by atoms with Gasteiger partial charge in [-0.1, -0.05) is 18.2 Å². The molecule has 4 nitrogen and oxygen atoms in total. The van der Waals surface area contributed by atoms with Crippen LogP contribution in [-0.4, -0.2) is 32.6 Å². The number of aromatic amines is 1. The molecule has 1 aromatic carbocycles. The molecular formula is C14H15N2O2+. The van der Waals surface area contributed by atoms with Crippen molar-refractivity contribution in [3.05, 3.63) is 35.9 Å². The van der Waals surface area contributed by atoms with Crippen LogP contribution in [0.5, 0.6) is 0 Å². The van der Waals surface area contributed by atoms with Gasteiger partial charge in [0.05, 0.1) is 13.2 Å². The van der Waals surface area contributed by atoms with Crippen LogP contribution in [0.15, 0.2) is 30.3 Å². The molecule has 1 aromatic heterocycles. The van der Waals surface area contributed by atoms with E-state index in [4.69, 9.17) is 4.74 Å². The number of para-hydroxylation sites is 1. The first kappa shape index (κ1) is 11.2. The van der Waals surface area contributed by atoms with Gasteiger partial charge in [-0.25, -0.2) is 4.98 Å². The molecule has 18 heavy (non-hydrogen) atoms. The van der Waals surface area contributed by atoms with Gasteiger partial charge < -0.3 is 4.74 Å². The quantitative estimate of drug-likeness (QED) is 0.747. The molecule has 3 rings (SSSR count). The van der Waals surface area contributed by atoms with Crippen molar-refractivity contribution in [3.8, 4) is 0 Å². The minimum Gasteiger partial charge on any atom is -0.373 e. The summed E-state index contributed by atoms with van der Waals surface area (Å²) in [4.78, 5) is 16.8. The third kappa shape index (κ3) is 1.95. The maximum atomic E-state index is 11.2. The number of aromatic nitrogens is 1. The summed E-state index contributed by atoms with van der Waals surface area (Å²) in [5, 5.41) is 1.05. The van der Waals surface area contributed by atoms with Gasteiger partial charge in [-0.2, -0.15) is 0 Å². The Morgan fingerprint density at radius 3 is 2.78 bits per heavy atom. The molecule has 4 heteroatoms. The van der Waals surface area contributed by atoms with Crippen LogP contribution in [0.1, 0.15) is 10.4 Å². The smallest absolute Gasteiger partial charge is 0.285 e. The summed E-state index contributed by atoms with van der Waals surface area (Å²) in [6, 6.07) is 9.92. The highest BCUT2D eigenvalue weighted by Crippen LogP contribution is 2.19. The van der Waals surface area contributed by atoms with Gasteiger partial charge in [-0.15, -0.1) is 0 Å². The molecule has 2 aromatic rings. The monoisotopic (exact) mass is 243 g/mol. The van der Waals surface area contributed by atoms with Crippen LogP contribution in [0.2, 0.25) is 0 Å². The zero-order valence-electron chi connectivity index (χ0n) is 10.1. The Bertz CT molecular complexity index is 577. The number of rotatable bonds is 2. The average molecular weight is 243 g/mol. The van der Waals surface area contributed by atoms with Crippen LogP contribution in [0.3, 0.4) is 0 Å². The number of H-pyrrole nitrogens is 1. The van der Waals surface area contributed by atoms with Crippen molar-refractivity contribution in [2.75, 3.05) is 31.2 Å². The Balaban J connectivity index is 2.10. The highest BCUT2D eigenvalue weighted by molar-refractivity contribution is 5.88. The zero-order valence-corrected chi connectivity index (χ0v) is 10.1. The van der Waals surface area contributed by atoms with E-state index >= 15 is 0 Å². The number of aldehydes is 1. The van der Waals surface area contributed by atoms with Gasteiger partial charge in [-0.05, 0) is 12.1 Å². The third-order valence-corrected chi connectivity index (χ3v) is 3.25. The van der Waals surface area contributed by atoms with Crippen molar-refractivity contribution in [1.29, 1.82) is 0 Å². The van der Waals surface area contributed by atoms with Crippen molar-refractivity contribution in [2.45, 2.75) is 0 Å². The first-order valence-corrected chi connectivity index (χ1v) is 6.11. The fourth-order valence-corrected chi connectivity index (χ4v) is 2.31. The molecule has 1 fully saturated rings. The van der Waals surface area contributed by atoms with E-state index in [0.29, 0.717) is 18.8 Å². The Hall–Kier alpha value is -1.94. The maximum Gasteiger partial charge on any atom is 0.285 e. The molecule has 2 heterocycles. The summed E-state index contributed by atoms with van der Waals surface area (Å²) < 4.78 is 5.34. The lowest BCUT2D eigenvalue weighted by molar-refractivity contribution is -0.331. The number of pyridine rings is 1. The summed E-state index contributed by atoms with van der Waals surface area (Å²) >= 11 is 0. The number of anilines is 1. The first-order valence-electron chi connectivity index (χ1n) is 6.11. The van der Waals surface area contributed by atoms with E-state index < -0.39 is 0 Å². The molecule has 1 saturated heterocycles. The number of nitrogens with one attached hydrogen (secondary N) is 1. The molecule has 0 aliphatic carbocycles. The van der Waals surface area contributed by atoms with Gasteiger partial charge in [0.2, 0.25) is 0 Å². The fourth-order valence-electron chi connectivity index (χ4n) is 2.31. The molecule has 0 atom stereocenters. The van der Waals surface area contributed by atoms with Gasteiger partial charge in [0, 0.05) is 5.39 Å². The van der Waals surface area contributed by atoms with E-state index in [1.165, 1.54) is 0 Å². The van der Waals surface area contributed by atoms with Gasteiger partial charge >= 0.3 is 0 Å². The number of hydrogen-bond acceptors (Lipinski definition) is 3. The van der Waals surface area contributed by atoms with Crippen LogP contribution in [0.4, 0.5) is 5.82 Å².